The summed E-state index contributed by atoms with van der Waals surface area (Å²) in [5.74, 6) is 1.29. The highest BCUT2D eigenvalue weighted by molar-refractivity contribution is 6.04. The number of carbonyl (C=O) groups excluding carboxylic acids is 1. The molecule has 0 amide bonds. The van der Waals surface area contributed by atoms with Crippen molar-refractivity contribution >= 4 is 22.7 Å². The van der Waals surface area contributed by atoms with Gasteiger partial charge in [0.25, 0.3) is 0 Å². The highest BCUT2D eigenvalue weighted by atomic mass is 16.5. The van der Waals surface area contributed by atoms with Gasteiger partial charge in [0, 0.05) is 30.9 Å². The van der Waals surface area contributed by atoms with Gasteiger partial charge in [0.15, 0.2) is 0 Å². The molecule has 4 saturated carbocycles. The third-order valence-corrected chi connectivity index (χ3v) is 7.04. The van der Waals surface area contributed by atoms with Crippen LogP contribution in [-0.4, -0.2) is 46.3 Å². The molecule has 2 heterocycles. The summed E-state index contributed by atoms with van der Waals surface area (Å²) >= 11 is 0. The lowest BCUT2D eigenvalue weighted by atomic mass is 9.52. The van der Waals surface area contributed by atoms with E-state index in [4.69, 9.17) is 4.74 Å². The van der Waals surface area contributed by atoms with E-state index in [1.165, 1.54) is 12.8 Å². The summed E-state index contributed by atoms with van der Waals surface area (Å²) in [6.07, 6.45) is 8.60. The van der Waals surface area contributed by atoms with E-state index in [9.17, 15) is 9.90 Å². The number of fused-ring (bicyclic) bond motifs is 1. The molecule has 2 N–H and O–H groups in total. The standard InChI is InChI=1S/C21H27N3O3/c1-3-27-20(25)16-11-23-19-15(4-5-22-19)18(16)24(2)17-13-6-12-7-14(17)10-21(26,8-12)9-13/h4-5,11-14,17,26H,3,6-10H2,1-2H3,(H,22,23). The van der Waals surface area contributed by atoms with Crippen molar-refractivity contribution in [1.29, 1.82) is 0 Å². The molecule has 4 aliphatic rings. The van der Waals surface area contributed by atoms with Gasteiger partial charge in [0.2, 0.25) is 0 Å². The van der Waals surface area contributed by atoms with Crippen molar-refractivity contribution in [1.82, 2.24) is 9.97 Å². The maximum absolute atomic E-state index is 12.6. The third-order valence-electron chi connectivity index (χ3n) is 7.04. The number of hydrogen-bond donors (Lipinski definition) is 2. The van der Waals surface area contributed by atoms with Crippen LogP contribution in [0.5, 0.6) is 0 Å². The number of ether oxygens (including phenoxy) is 1. The van der Waals surface area contributed by atoms with Crippen LogP contribution in [0.25, 0.3) is 11.0 Å². The number of rotatable bonds is 4. The van der Waals surface area contributed by atoms with E-state index >= 15 is 0 Å². The number of H-pyrrole nitrogens is 1. The number of carbonyl (C=O) groups is 1. The van der Waals surface area contributed by atoms with E-state index in [-0.39, 0.29) is 5.97 Å². The summed E-state index contributed by atoms with van der Waals surface area (Å²) in [5, 5.41) is 11.9. The van der Waals surface area contributed by atoms with Crippen molar-refractivity contribution in [2.75, 3.05) is 18.6 Å². The zero-order chi connectivity index (χ0) is 18.8. The summed E-state index contributed by atoms with van der Waals surface area (Å²) in [5.41, 5.74) is 1.76. The second-order valence-electron chi connectivity index (χ2n) is 8.78. The van der Waals surface area contributed by atoms with Gasteiger partial charge in [-0.3, -0.25) is 0 Å². The summed E-state index contributed by atoms with van der Waals surface area (Å²) in [6, 6.07) is 2.33. The summed E-state index contributed by atoms with van der Waals surface area (Å²) in [7, 11) is 2.10. The Balaban J connectivity index is 1.58. The van der Waals surface area contributed by atoms with Crippen LogP contribution >= 0.6 is 0 Å². The van der Waals surface area contributed by atoms with Crippen LogP contribution < -0.4 is 4.90 Å². The molecule has 4 bridgehead atoms. The van der Waals surface area contributed by atoms with Crippen LogP contribution in [-0.2, 0) is 4.74 Å². The van der Waals surface area contributed by atoms with Crippen LogP contribution in [0.2, 0.25) is 0 Å². The fourth-order valence-corrected chi connectivity index (χ4v) is 6.47. The fraction of sp³-hybridized carbons (Fsp3) is 0.619. The molecular weight excluding hydrogens is 342 g/mol. The number of nitrogens with zero attached hydrogens (tertiary/aromatic N) is 2. The van der Waals surface area contributed by atoms with Gasteiger partial charge in [-0.25, -0.2) is 9.78 Å². The van der Waals surface area contributed by atoms with E-state index in [0.29, 0.717) is 36.0 Å². The predicted octanol–water partition coefficient (Wildman–Crippen LogP) is 3.12. The Hall–Kier alpha value is -2.08. The minimum atomic E-state index is -0.459. The van der Waals surface area contributed by atoms with Crippen LogP contribution in [0.3, 0.4) is 0 Å². The fourth-order valence-electron chi connectivity index (χ4n) is 6.47. The van der Waals surface area contributed by atoms with E-state index in [1.54, 1.807) is 6.20 Å². The molecule has 0 saturated heterocycles. The van der Waals surface area contributed by atoms with Gasteiger partial charge in [0.05, 0.1) is 17.9 Å². The quantitative estimate of drug-likeness (QED) is 0.810. The Morgan fingerprint density at radius 1 is 1.37 bits per heavy atom. The zero-order valence-electron chi connectivity index (χ0n) is 15.9. The molecule has 2 unspecified atom stereocenters. The van der Waals surface area contributed by atoms with E-state index in [2.05, 4.69) is 21.9 Å². The van der Waals surface area contributed by atoms with Gasteiger partial charge in [0.1, 0.15) is 11.2 Å². The van der Waals surface area contributed by atoms with Crippen molar-refractivity contribution in [3.63, 3.8) is 0 Å². The van der Waals surface area contributed by atoms with Gasteiger partial charge in [-0.15, -0.1) is 0 Å². The molecule has 144 valence electrons. The maximum atomic E-state index is 12.6. The first-order chi connectivity index (χ1) is 13.0. The minimum absolute atomic E-state index is 0.322. The molecule has 27 heavy (non-hydrogen) atoms. The zero-order valence-corrected chi connectivity index (χ0v) is 15.9. The Labute approximate surface area is 158 Å². The first-order valence-corrected chi connectivity index (χ1v) is 10.1. The minimum Gasteiger partial charge on any atom is -0.462 e. The number of pyridine rings is 1. The number of aromatic amines is 1. The molecule has 6 rings (SSSR count). The Morgan fingerprint density at radius 3 is 2.78 bits per heavy atom. The number of esters is 1. The van der Waals surface area contributed by atoms with Gasteiger partial charge < -0.3 is 19.7 Å². The summed E-state index contributed by atoms with van der Waals surface area (Å²) in [6.45, 7) is 2.17. The number of hydrogen-bond acceptors (Lipinski definition) is 5. The molecule has 2 aromatic heterocycles. The molecule has 2 aromatic rings. The normalized spacial score (nSPS) is 34.2. The molecule has 4 fully saturated rings. The van der Waals surface area contributed by atoms with Crippen molar-refractivity contribution in [3.8, 4) is 0 Å². The first kappa shape index (κ1) is 17.0. The van der Waals surface area contributed by atoms with E-state index in [0.717, 1.165) is 36.0 Å². The van der Waals surface area contributed by atoms with Crippen LogP contribution in [0.1, 0.15) is 49.4 Å². The molecule has 6 heteroatoms. The Bertz CT molecular complexity index is 876. The van der Waals surface area contributed by atoms with E-state index < -0.39 is 5.60 Å². The van der Waals surface area contributed by atoms with Crippen molar-refractivity contribution in [2.45, 2.75) is 50.7 Å². The molecule has 0 radical (unpaired) electrons. The molecular formula is C21H27N3O3. The second-order valence-corrected chi connectivity index (χ2v) is 8.78. The van der Waals surface area contributed by atoms with Crippen molar-refractivity contribution in [2.24, 2.45) is 17.8 Å². The van der Waals surface area contributed by atoms with Crippen LogP contribution in [0, 0.1) is 17.8 Å². The average Bonchev–Trinajstić information content (AvgIpc) is 3.07. The lowest BCUT2D eigenvalue weighted by Gasteiger charge is -2.60. The van der Waals surface area contributed by atoms with Crippen molar-refractivity contribution in [3.05, 3.63) is 24.0 Å². The number of anilines is 1. The molecule has 0 aliphatic heterocycles. The number of nitrogens with one attached hydrogen (secondary N) is 1. The summed E-state index contributed by atoms with van der Waals surface area (Å²) < 4.78 is 5.31. The largest absolute Gasteiger partial charge is 0.462 e. The highest BCUT2D eigenvalue weighted by Gasteiger charge is 2.56. The monoisotopic (exact) mass is 369 g/mol. The molecule has 0 spiro atoms. The van der Waals surface area contributed by atoms with E-state index in [1.807, 2.05) is 19.2 Å². The second kappa shape index (κ2) is 5.96. The van der Waals surface area contributed by atoms with Gasteiger partial charge in [-0.05, 0) is 62.8 Å². The van der Waals surface area contributed by atoms with Crippen LogP contribution in [0.15, 0.2) is 18.5 Å². The number of aliphatic hydroxyl groups is 1. The van der Waals surface area contributed by atoms with Gasteiger partial charge in [-0.1, -0.05) is 0 Å². The lowest BCUT2D eigenvalue weighted by molar-refractivity contribution is -0.133. The third kappa shape index (κ3) is 2.57. The summed E-state index contributed by atoms with van der Waals surface area (Å²) in [4.78, 5) is 22.5. The highest BCUT2D eigenvalue weighted by Crippen LogP contribution is 2.57. The predicted molar refractivity (Wildman–Crippen MR) is 103 cm³/mol. The maximum Gasteiger partial charge on any atom is 0.341 e. The van der Waals surface area contributed by atoms with Gasteiger partial charge >= 0.3 is 5.97 Å². The SMILES string of the molecule is CCOC(=O)c1cnc2[nH]ccc2c1N(C)C1C2CC3CC1CC(O)(C3)C2. The molecule has 4 aliphatic carbocycles. The number of aromatic nitrogens is 2. The molecule has 6 nitrogen and oxygen atoms in total. The molecule has 0 aromatic carbocycles. The Morgan fingerprint density at radius 2 is 2.11 bits per heavy atom. The topological polar surface area (TPSA) is 78.5 Å². The van der Waals surface area contributed by atoms with Gasteiger partial charge in [-0.2, -0.15) is 0 Å². The Kier molecular flexibility index (Phi) is 3.76. The smallest absolute Gasteiger partial charge is 0.341 e. The van der Waals surface area contributed by atoms with Crippen LogP contribution in [0.4, 0.5) is 5.69 Å². The average molecular weight is 369 g/mol. The van der Waals surface area contributed by atoms with Crippen molar-refractivity contribution < 1.29 is 14.6 Å². The first-order valence-electron chi connectivity index (χ1n) is 10.1. The lowest BCUT2D eigenvalue weighted by Crippen LogP contribution is -2.61. The molecule has 2 atom stereocenters.